The van der Waals surface area contributed by atoms with E-state index in [1.807, 2.05) is 0 Å². The number of aliphatic hydroxyl groups is 6. The predicted octanol–water partition coefficient (Wildman–Crippen LogP) is -1.52. The summed E-state index contributed by atoms with van der Waals surface area (Å²) >= 11 is 0. The SMILES string of the molecule is CC1(C)C2CCC1(C)C(OC1OC(COC3OCC(O)(CO)C3O)C(O)C(O)C1O)C2. The third-order valence-corrected chi connectivity index (χ3v) is 8.69. The van der Waals surface area contributed by atoms with Crippen LogP contribution in [0.3, 0.4) is 0 Å². The maximum absolute atomic E-state index is 10.5. The van der Waals surface area contributed by atoms with E-state index in [1.165, 1.54) is 0 Å². The van der Waals surface area contributed by atoms with Crippen LogP contribution in [0.1, 0.15) is 40.0 Å². The van der Waals surface area contributed by atoms with Gasteiger partial charge in [-0.05, 0) is 36.0 Å². The van der Waals surface area contributed by atoms with Crippen molar-refractivity contribution in [2.45, 2.75) is 94.8 Å². The summed E-state index contributed by atoms with van der Waals surface area (Å²) in [6.07, 6.45) is -6.45. The van der Waals surface area contributed by atoms with Crippen LogP contribution in [-0.4, -0.2) is 105 Å². The first-order valence-corrected chi connectivity index (χ1v) is 11.0. The van der Waals surface area contributed by atoms with E-state index >= 15 is 0 Å². The van der Waals surface area contributed by atoms with Gasteiger partial charge in [0, 0.05) is 0 Å². The molecule has 11 unspecified atom stereocenters. The second kappa shape index (κ2) is 8.12. The monoisotopic (exact) mass is 448 g/mol. The second-order valence-corrected chi connectivity index (χ2v) is 10.5. The van der Waals surface area contributed by atoms with Crippen LogP contribution in [0, 0.1) is 16.7 Å². The van der Waals surface area contributed by atoms with Crippen molar-refractivity contribution >= 4 is 0 Å². The molecular weight excluding hydrogens is 412 g/mol. The molecule has 0 amide bonds. The van der Waals surface area contributed by atoms with Crippen LogP contribution < -0.4 is 0 Å². The molecule has 2 aliphatic carbocycles. The van der Waals surface area contributed by atoms with Crippen molar-refractivity contribution in [1.29, 1.82) is 0 Å². The standard InChI is InChI=1S/C21H36O10/c1-19(2)10-4-5-20(19,3)12(6-10)31-17-15(25)14(24)13(23)11(30-17)7-28-18-16(26)21(27,8-22)9-29-18/h10-18,22-27H,4-9H2,1-3H3. The highest BCUT2D eigenvalue weighted by molar-refractivity contribution is 5.11. The molecule has 2 heterocycles. The topological polar surface area (TPSA) is 158 Å². The molecule has 11 atom stereocenters. The molecule has 0 aromatic rings. The fourth-order valence-electron chi connectivity index (χ4n) is 5.79. The predicted molar refractivity (Wildman–Crippen MR) is 105 cm³/mol. The van der Waals surface area contributed by atoms with Crippen molar-refractivity contribution in [3.8, 4) is 0 Å². The third-order valence-electron chi connectivity index (χ3n) is 8.69. The number of aliphatic hydroxyl groups excluding tert-OH is 5. The van der Waals surface area contributed by atoms with Crippen molar-refractivity contribution in [3.05, 3.63) is 0 Å². The van der Waals surface area contributed by atoms with E-state index in [1.54, 1.807) is 0 Å². The number of fused-ring (bicyclic) bond motifs is 2. The molecule has 0 aromatic carbocycles. The van der Waals surface area contributed by atoms with E-state index in [0.29, 0.717) is 5.92 Å². The minimum atomic E-state index is -1.83. The summed E-state index contributed by atoms with van der Waals surface area (Å²) < 4.78 is 22.6. The van der Waals surface area contributed by atoms with E-state index in [-0.39, 0.29) is 30.1 Å². The zero-order valence-electron chi connectivity index (χ0n) is 18.3. The first-order chi connectivity index (χ1) is 14.4. The minimum absolute atomic E-state index is 0.0791. The normalized spacial score (nSPS) is 53.9. The summed E-state index contributed by atoms with van der Waals surface area (Å²) in [6.45, 7) is 5.36. The van der Waals surface area contributed by atoms with Gasteiger partial charge in [-0.25, -0.2) is 0 Å². The highest BCUT2D eigenvalue weighted by Gasteiger charge is 2.63. The van der Waals surface area contributed by atoms with Gasteiger partial charge < -0.3 is 49.6 Å². The molecule has 10 nitrogen and oxygen atoms in total. The molecule has 0 radical (unpaired) electrons. The maximum atomic E-state index is 10.5. The van der Waals surface area contributed by atoms with Crippen molar-refractivity contribution in [2.24, 2.45) is 16.7 Å². The van der Waals surface area contributed by atoms with Crippen LogP contribution in [0.25, 0.3) is 0 Å². The zero-order chi connectivity index (χ0) is 22.8. The van der Waals surface area contributed by atoms with Crippen LogP contribution in [0.5, 0.6) is 0 Å². The Kier molecular flexibility index (Phi) is 6.22. The smallest absolute Gasteiger partial charge is 0.186 e. The molecular formula is C21H36O10. The Hall–Kier alpha value is -0.400. The number of rotatable bonds is 6. The highest BCUT2D eigenvalue weighted by atomic mass is 16.7. The largest absolute Gasteiger partial charge is 0.393 e. The van der Waals surface area contributed by atoms with Gasteiger partial charge in [0.15, 0.2) is 12.6 Å². The second-order valence-electron chi connectivity index (χ2n) is 10.5. The van der Waals surface area contributed by atoms with Gasteiger partial charge >= 0.3 is 0 Å². The Balaban J connectivity index is 1.39. The fraction of sp³-hybridized carbons (Fsp3) is 1.00. The third kappa shape index (κ3) is 3.65. The van der Waals surface area contributed by atoms with E-state index in [2.05, 4.69) is 20.8 Å². The molecule has 10 heteroatoms. The average molecular weight is 449 g/mol. The summed E-state index contributed by atoms with van der Waals surface area (Å²) in [7, 11) is 0. The molecule has 180 valence electrons. The molecule has 2 saturated carbocycles. The van der Waals surface area contributed by atoms with Crippen molar-refractivity contribution in [1.82, 2.24) is 0 Å². The van der Waals surface area contributed by atoms with Gasteiger partial charge in [-0.3, -0.25) is 0 Å². The number of ether oxygens (including phenoxy) is 4. The van der Waals surface area contributed by atoms with Gasteiger partial charge in [0.05, 0.1) is 25.9 Å². The summed E-state index contributed by atoms with van der Waals surface area (Å²) in [6, 6.07) is 0. The number of hydrogen-bond donors (Lipinski definition) is 6. The van der Waals surface area contributed by atoms with Crippen molar-refractivity contribution in [3.63, 3.8) is 0 Å². The fourth-order valence-corrected chi connectivity index (χ4v) is 5.79. The summed E-state index contributed by atoms with van der Waals surface area (Å²) in [5, 5.41) is 60.5. The summed E-state index contributed by atoms with van der Waals surface area (Å²) in [5.41, 5.74) is -1.82. The highest BCUT2D eigenvalue weighted by Crippen LogP contribution is 2.66. The minimum Gasteiger partial charge on any atom is -0.393 e. The molecule has 4 rings (SSSR count). The quantitative estimate of drug-likeness (QED) is 0.282. The van der Waals surface area contributed by atoms with Gasteiger partial charge in [0.25, 0.3) is 0 Å². The maximum Gasteiger partial charge on any atom is 0.186 e. The molecule has 2 aliphatic heterocycles. The van der Waals surface area contributed by atoms with Crippen LogP contribution in [-0.2, 0) is 18.9 Å². The summed E-state index contributed by atoms with van der Waals surface area (Å²) in [4.78, 5) is 0. The van der Waals surface area contributed by atoms with Gasteiger partial charge in [0.2, 0.25) is 0 Å². The molecule has 4 aliphatic rings. The van der Waals surface area contributed by atoms with Gasteiger partial charge in [0.1, 0.15) is 36.1 Å². The average Bonchev–Trinajstić information content (AvgIpc) is 3.22. The number of hydrogen-bond acceptors (Lipinski definition) is 10. The van der Waals surface area contributed by atoms with Crippen LogP contribution in [0.2, 0.25) is 0 Å². The molecule has 2 saturated heterocycles. The van der Waals surface area contributed by atoms with Crippen LogP contribution in [0.4, 0.5) is 0 Å². The Labute approximate surface area is 181 Å². The Bertz CT molecular complexity index is 660. The molecule has 0 spiro atoms. The Morgan fingerprint density at radius 1 is 1.00 bits per heavy atom. The van der Waals surface area contributed by atoms with Crippen LogP contribution in [0.15, 0.2) is 0 Å². The van der Waals surface area contributed by atoms with Gasteiger partial charge in [-0.1, -0.05) is 20.8 Å². The molecule has 0 aromatic heterocycles. The molecule has 4 fully saturated rings. The molecule has 2 bridgehead atoms. The van der Waals surface area contributed by atoms with Crippen molar-refractivity contribution in [2.75, 3.05) is 19.8 Å². The lowest BCUT2D eigenvalue weighted by Crippen LogP contribution is -2.60. The van der Waals surface area contributed by atoms with Crippen molar-refractivity contribution < 1.29 is 49.6 Å². The first kappa shape index (κ1) is 23.7. The zero-order valence-corrected chi connectivity index (χ0v) is 18.3. The first-order valence-electron chi connectivity index (χ1n) is 11.0. The lowest BCUT2D eigenvalue weighted by molar-refractivity contribution is -0.326. The lowest BCUT2D eigenvalue weighted by Gasteiger charge is -2.45. The van der Waals surface area contributed by atoms with E-state index in [4.69, 9.17) is 18.9 Å². The van der Waals surface area contributed by atoms with Gasteiger partial charge in [-0.15, -0.1) is 0 Å². The Morgan fingerprint density at radius 3 is 2.26 bits per heavy atom. The van der Waals surface area contributed by atoms with Crippen LogP contribution >= 0.6 is 0 Å². The van der Waals surface area contributed by atoms with Gasteiger partial charge in [-0.2, -0.15) is 0 Å². The van der Waals surface area contributed by atoms with E-state index < -0.39 is 55.3 Å². The van der Waals surface area contributed by atoms with E-state index in [9.17, 15) is 30.6 Å². The summed E-state index contributed by atoms with van der Waals surface area (Å²) in [5.74, 6) is 0.518. The lowest BCUT2D eigenvalue weighted by atomic mass is 9.70. The molecule has 31 heavy (non-hydrogen) atoms. The Morgan fingerprint density at radius 2 is 1.71 bits per heavy atom. The van der Waals surface area contributed by atoms with E-state index in [0.717, 1.165) is 19.3 Å². The molecule has 6 N–H and O–H groups in total.